The molecule has 4 rings (SSSR count). The van der Waals surface area contributed by atoms with Crippen molar-refractivity contribution in [1.82, 2.24) is 4.90 Å². The number of rotatable bonds is 2. The van der Waals surface area contributed by atoms with Gasteiger partial charge in [0.2, 0.25) is 11.8 Å². The number of thiophene rings is 1. The van der Waals surface area contributed by atoms with Crippen LogP contribution in [-0.2, 0) is 22.6 Å². The van der Waals surface area contributed by atoms with Crippen molar-refractivity contribution in [3.8, 4) is 0 Å². The van der Waals surface area contributed by atoms with E-state index in [9.17, 15) is 9.59 Å². The van der Waals surface area contributed by atoms with Crippen LogP contribution in [0.1, 0.15) is 16.9 Å². The van der Waals surface area contributed by atoms with E-state index in [1.54, 1.807) is 11.3 Å². The van der Waals surface area contributed by atoms with Gasteiger partial charge in [0.1, 0.15) is 0 Å². The molecule has 0 radical (unpaired) electrons. The summed E-state index contributed by atoms with van der Waals surface area (Å²) < 4.78 is 0. The number of nitrogens with zero attached hydrogens (tertiary/aromatic N) is 1. The van der Waals surface area contributed by atoms with Gasteiger partial charge in [0.05, 0.1) is 10.9 Å². The van der Waals surface area contributed by atoms with E-state index in [1.807, 2.05) is 29.2 Å². The summed E-state index contributed by atoms with van der Waals surface area (Å²) in [6.07, 6.45) is 1.18. The summed E-state index contributed by atoms with van der Waals surface area (Å²) in [5.74, 6) is -0.0100. The first-order valence-corrected chi connectivity index (χ1v) is 9.36. The summed E-state index contributed by atoms with van der Waals surface area (Å²) in [6, 6.07) is 9.82. The zero-order chi connectivity index (χ0) is 15.8. The maximum atomic E-state index is 12.6. The van der Waals surface area contributed by atoms with Crippen LogP contribution >= 0.6 is 23.1 Å². The molecular weight excluding hydrogens is 328 g/mol. The Bertz CT molecular complexity index is 771. The predicted molar refractivity (Wildman–Crippen MR) is 92.8 cm³/mol. The molecule has 2 aliphatic rings. The fraction of sp³-hybridized carbons (Fsp3) is 0.294. The van der Waals surface area contributed by atoms with Crippen molar-refractivity contribution in [3.05, 3.63) is 46.2 Å². The van der Waals surface area contributed by atoms with Crippen LogP contribution in [0.4, 0.5) is 5.69 Å². The summed E-state index contributed by atoms with van der Waals surface area (Å²) in [5, 5.41) is 4.64. The zero-order valence-electron chi connectivity index (χ0n) is 12.5. The van der Waals surface area contributed by atoms with Gasteiger partial charge in [-0.05, 0) is 35.6 Å². The predicted octanol–water partition coefficient (Wildman–Crippen LogP) is 3.14. The van der Waals surface area contributed by atoms with Gasteiger partial charge in [-0.15, -0.1) is 23.1 Å². The number of thioether (sulfide) groups is 1. The van der Waals surface area contributed by atoms with Crippen molar-refractivity contribution in [2.45, 2.75) is 29.5 Å². The maximum Gasteiger partial charge on any atom is 0.238 e. The van der Waals surface area contributed by atoms with Crippen LogP contribution in [0.5, 0.6) is 0 Å². The van der Waals surface area contributed by atoms with Gasteiger partial charge in [-0.2, -0.15) is 0 Å². The van der Waals surface area contributed by atoms with Crippen LogP contribution in [0.3, 0.4) is 0 Å². The van der Waals surface area contributed by atoms with Gasteiger partial charge in [-0.25, -0.2) is 0 Å². The fourth-order valence-corrected chi connectivity index (χ4v) is 4.97. The van der Waals surface area contributed by atoms with Crippen molar-refractivity contribution in [3.63, 3.8) is 0 Å². The van der Waals surface area contributed by atoms with Crippen LogP contribution in [0, 0.1) is 0 Å². The highest BCUT2D eigenvalue weighted by molar-refractivity contribution is 8.01. The Morgan fingerprint density at radius 3 is 3.09 bits per heavy atom. The Morgan fingerprint density at radius 1 is 1.30 bits per heavy atom. The topological polar surface area (TPSA) is 49.4 Å². The van der Waals surface area contributed by atoms with E-state index < -0.39 is 0 Å². The number of hydrogen-bond donors (Lipinski definition) is 1. The van der Waals surface area contributed by atoms with Gasteiger partial charge in [-0.3, -0.25) is 9.59 Å². The van der Waals surface area contributed by atoms with E-state index >= 15 is 0 Å². The summed E-state index contributed by atoms with van der Waals surface area (Å²) in [7, 11) is 0. The highest BCUT2D eigenvalue weighted by atomic mass is 32.2. The van der Waals surface area contributed by atoms with E-state index in [0.29, 0.717) is 6.54 Å². The van der Waals surface area contributed by atoms with E-state index in [1.165, 1.54) is 22.2 Å². The molecule has 0 saturated carbocycles. The molecule has 0 saturated heterocycles. The van der Waals surface area contributed by atoms with Gasteiger partial charge in [0, 0.05) is 29.3 Å². The molecule has 0 bridgehead atoms. The third-order valence-corrected chi connectivity index (χ3v) is 6.53. The van der Waals surface area contributed by atoms with E-state index in [4.69, 9.17) is 0 Å². The average Bonchev–Trinajstić information content (AvgIpc) is 3.03. The van der Waals surface area contributed by atoms with Gasteiger partial charge < -0.3 is 10.2 Å². The quantitative estimate of drug-likeness (QED) is 0.910. The third kappa shape index (κ3) is 2.88. The van der Waals surface area contributed by atoms with E-state index in [2.05, 4.69) is 16.8 Å². The molecule has 23 heavy (non-hydrogen) atoms. The molecule has 1 aromatic heterocycles. The first kappa shape index (κ1) is 14.8. The molecular formula is C17H16N2O2S2. The number of carbonyl (C=O) groups excluding carboxylic acids is 2. The van der Waals surface area contributed by atoms with Gasteiger partial charge in [-0.1, -0.05) is 12.1 Å². The summed E-state index contributed by atoms with van der Waals surface area (Å²) in [5.41, 5.74) is 2.09. The molecule has 0 unspecified atom stereocenters. The van der Waals surface area contributed by atoms with Gasteiger partial charge in [0.25, 0.3) is 0 Å². The van der Waals surface area contributed by atoms with Crippen molar-refractivity contribution >= 4 is 40.6 Å². The molecule has 2 aromatic rings. The first-order valence-electron chi connectivity index (χ1n) is 7.60. The van der Waals surface area contributed by atoms with Gasteiger partial charge in [0.15, 0.2) is 0 Å². The van der Waals surface area contributed by atoms with Crippen molar-refractivity contribution in [2.75, 3.05) is 11.9 Å². The molecule has 2 aliphatic heterocycles. The number of para-hydroxylation sites is 1. The highest BCUT2D eigenvalue weighted by Crippen LogP contribution is 2.37. The van der Waals surface area contributed by atoms with E-state index in [-0.39, 0.29) is 23.5 Å². The second-order valence-corrected chi connectivity index (χ2v) is 7.98. The number of amides is 2. The van der Waals surface area contributed by atoms with Crippen molar-refractivity contribution in [2.24, 2.45) is 0 Å². The largest absolute Gasteiger partial charge is 0.338 e. The van der Waals surface area contributed by atoms with Crippen molar-refractivity contribution < 1.29 is 9.59 Å². The standard InChI is InChI=1S/C17H16N2O2S2/c20-16(19-7-5-13-11(10-19)6-8-22-13)9-15-17(21)18-12-3-1-2-4-14(12)23-15/h1-4,6,8,15H,5,7,9-10H2,(H,18,21)/t15-/m0/s1. The molecule has 118 valence electrons. The Hall–Kier alpha value is -1.79. The molecule has 4 nitrogen and oxygen atoms in total. The fourth-order valence-electron chi connectivity index (χ4n) is 2.98. The van der Waals surface area contributed by atoms with Crippen LogP contribution in [0.25, 0.3) is 0 Å². The summed E-state index contributed by atoms with van der Waals surface area (Å²) in [4.78, 5) is 29.1. The van der Waals surface area contributed by atoms with Crippen LogP contribution in [-0.4, -0.2) is 28.5 Å². The lowest BCUT2D eigenvalue weighted by Gasteiger charge is -2.29. The average molecular weight is 344 g/mol. The molecule has 2 amide bonds. The molecule has 0 spiro atoms. The second-order valence-electron chi connectivity index (χ2n) is 5.73. The monoisotopic (exact) mass is 344 g/mol. The normalized spacial score (nSPS) is 19.7. The molecule has 1 atom stereocenters. The zero-order valence-corrected chi connectivity index (χ0v) is 14.1. The Kier molecular flexibility index (Phi) is 3.87. The minimum atomic E-state index is -0.346. The summed E-state index contributed by atoms with van der Waals surface area (Å²) >= 11 is 3.25. The minimum absolute atomic E-state index is 0.0638. The SMILES string of the molecule is O=C1Nc2ccccc2S[C@H]1CC(=O)N1CCc2sccc2C1. The van der Waals surface area contributed by atoms with Gasteiger partial charge >= 0.3 is 0 Å². The van der Waals surface area contributed by atoms with Crippen LogP contribution in [0.2, 0.25) is 0 Å². The Balaban J connectivity index is 1.44. The number of anilines is 1. The number of carbonyl (C=O) groups is 2. The molecule has 1 N–H and O–H groups in total. The molecule has 6 heteroatoms. The lowest BCUT2D eigenvalue weighted by Crippen LogP contribution is -2.39. The van der Waals surface area contributed by atoms with Crippen LogP contribution < -0.4 is 5.32 Å². The highest BCUT2D eigenvalue weighted by Gasteiger charge is 2.31. The van der Waals surface area contributed by atoms with Crippen molar-refractivity contribution in [1.29, 1.82) is 0 Å². The lowest BCUT2D eigenvalue weighted by atomic mass is 10.1. The van der Waals surface area contributed by atoms with E-state index in [0.717, 1.165) is 23.5 Å². The maximum absolute atomic E-state index is 12.6. The molecule has 1 aromatic carbocycles. The number of benzene rings is 1. The molecule has 3 heterocycles. The second kappa shape index (κ2) is 6.02. The third-order valence-electron chi connectivity index (χ3n) is 4.23. The summed E-state index contributed by atoms with van der Waals surface area (Å²) in [6.45, 7) is 1.43. The first-order chi connectivity index (χ1) is 11.2. The number of fused-ring (bicyclic) bond motifs is 2. The Labute approximate surface area is 142 Å². The number of hydrogen-bond acceptors (Lipinski definition) is 4. The minimum Gasteiger partial charge on any atom is -0.338 e. The Morgan fingerprint density at radius 2 is 2.17 bits per heavy atom. The number of nitrogens with one attached hydrogen (secondary N) is 1. The molecule has 0 aliphatic carbocycles. The smallest absolute Gasteiger partial charge is 0.238 e. The van der Waals surface area contributed by atoms with Crippen LogP contribution in [0.15, 0.2) is 40.6 Å². The molecule has 0 fully saturated rings. The lowest BCUT2D eigenvalue weighted by molar-refractivity contribution is -0.133.